The van der Waals surface area contributed by atoms with E-state index in [2.05, 4.69) is 10.6 Å². The van der Waals surface area contributed by atoms with Crippen LogP contribution in [0.4, 0.5) is 5.69 Å². The summed E-state index contributed by atoms with van der Waals surface area (Å²) in [6.07, 6.45) is 2.06. The lowest BCUT2D eigenvalue weighted by molar-refractivity contribution is -0.119. The van der Waals surface area contributed by atoms with Crippen LogP contribution in [0.25, 0.3) is 0 Å². The fourth-order valence-corrected chi connectivity index (χ4v) is 3.41. The minimum atomic E-state index is -3.79. The fourth-order valence-electron chi connectivity index (χ4n) is 2.60. The third-order valence-corrected chi connectivity index (χ3v) is 4.87. The zero-order chi connectivity index (χ0) is 15.6. The number of carbonyl (C=O) groups is 1. The molecule has 4 N–H and O–H groups in total. The van der Waals surface area contributed by atoms with Crippen molar-refractivity contribution < 1.29 is 13.2 Å². The first kappa shape index (κ1) is 15.9. The summed E-state index contributed by atoms with van der Waals surface area (Å²) in [6, 6.07) is 4.46. The van der Waals surface area contributed by atoms with Crippen molar-refractivity contribution in [3.8, 4) is 0 Å². The number of amides is 1. The van der Waals surface area contributed by atoms with Crippen LogP contribution in [-0.4, -0.2) is 26.9 Å². The number of anilines is 1. The van der Waals surface area contributed by atoms with Crippen molar-refractivity contribution in [2.75, 3.05) is 11.9 Å². The van der Waals surface area contributed by atoms with Gasteiger partial charge in [0.1, 0.15) is 0 Å². The zero-order valence-electron chi connectivity index (χ0n) is 12.2. The lowest BCUT2D eigenvalue weighted by atomic mass is 9.92. The molecule has 0 radical (unpaired) electrons. The first-order valence-electron chi connectivity index (χ1n) is 6.97. The predicted octanol–water partition coefficient (Wildman–Crippen LogP) is 0.969. The van der Waals surface area contributed by atoms with E-state index < -0.39 is 10.0 Å². The number of nitrogens with one attached hydrogen (secondary N) is 2. The van der Waals surface area contributed by atoms with Gasteiger partial charge in [-0.15, -0.1) is 0 Å². The molecule has 1 saturated heterocycles. The molecule has 6 nitrogen and oxygen atoms in total. The summed E-state index contributed by atoms with van der Waals surface area (Å²) in [4.78, 5) is 12.3. The Morgan fingerprint density at radius 2 is 2.14 bits per heavy atom. The van der Waals surface area contributed by atoms with Crippen LogP contribution >= 0.6 is 0 Å². The molecule has 0 bridgehead atoms. The highest BCUT2D eigenvalue weighted by atomic mass is 32.2. The third-order valence-electron chi connectivity index (χ3n) is 3.81. The Balaban J connectivity index is 2.18. The van der Waals surface area contributed by atoms with E-state index in [1.807, 2.05) is 6.92 Å². The van der Waals surface area contributed by atoms with Crippen LogP contribution in [0.5, 0.6) is 0 Å². The number of piperidine rings is 1. The molecule has 116 valence electrons. The molecular formula is C14H21N3O3S. The molecule has 0 aliphatic carbocycles. The topological polar surface area (TPSA) is 101 Å². The number of carbonyl (C=O) groups excluding carboxylic acids is 1. The second kappa shape index (κ2) is 6.13. The minimum Gasteiger partial charge on any atom is -0.325 e. The van der Waals surface area contributed by atoms with Crippen LogP contribution in [0.1, 0.15) is 25.3 Å². The lowest BCUT2D eigenvalue weighted by Gasteiger charge is -2.29. The van der Waals surface area contributed by atoms with Gasteiger partial charge < -0.3 is 10.6 Å². The monoisotopic (exact) mass is 311 g/mol. The molecule has 1 amide bonds. The van der Waals surface area contributed by atoms with E-state index in [1.165, 1.54) is 6.07 Å². The van der Waals surface area contributed by atoms with E-state index in [-0.39, 0.29) is 22.8 Å². The molecule has 21 heavy (non-hydrogen) atoms. The van der Waals surface area contributed by atoms with Gasteiger partial charge in [-0.25, -0.2) is 13.6 Å². The van der Waals surface area contributed by atoms with Gasteiger partial charge in [-0.3, -0.25) is 4.79 Å². The quantitative estimate of drug-likeness (QED) is 0.774. The Kier molecular flexibility index (Phi) is 4.65. The molecule has 2 atom stereocenters. The van der Waals surface area contributed by atoms with Crippen LogP contribution in [0.2, 0.25) is 0 Å². The summed E-state index contributed by atoms with van der Waals surface area (Å²) in [5, 5.41) is 11.1. The molecule has 1 aliphatic rings. The Morgan fingerprint density at radius 3 is 2.76 bits per heavy atom. The van der Waals surface area contributed by atoms with Gasteiger partial charge in [0.25, 0.3) is 0 Å². The van der Waals surface area contributed by atoms with Crippen molar-refractivity contribution in [1.82, 2.24) is 5.32 Å². The fraction of sp³-hybridized carbons (Fsp3) is 0.500. The zero-order valence-corrected chi connectivity index (χ0v) is 13.0. The standard InChI is InChI=1S/C14H21N3O3S/c1-9-5-6-11(8-12(9)21(15,19)20)17-14(18)13-10(2)4-3-7-16-13/h5-6,8,10,13,16H,3-4,7H2,1-2H3,(H,17,18)(H2,15,19,20). The summed E-state index contributed by atoms with van der Waals surface area (Å²) in [6.45, 7) is 4.51. The van der Waals surface area contributed by atoms with Crippen molar-refractivity contribution in [3.05, 3.63) is 23.8 Å². The second-order valence-corrected chi connectivity index (χ2v) is 7.10. The number of hydrogen-bond acceptors (Lipinski definition) is 4. The number of sulfonamides is 1. The molecule has 2 rings (SSSR count). The molecule has 1 aromatic carbocycles. The van der Waals surface area contributed by atoms with Gasteiger partial charge in [0, 0.05) is 5.69 Å². The average molecular weight is 311 g/mol. The average Bonchev–Trinajstić information content (AvgIpc) is 2.40. The largest absolute Gasteiger partial charge is 0.325 e. The molecule has 0 saturated carbocycles. The Morgan fingerprint density at radius 1 is 1.43 bits per heavy atom. The number of benzene rings is 1. The highest BCUT2D eigenvalue weighted by molar-refractivity contribution is 7.89. The van der Waals surface area contributed by atoms with Crippen molar-refractivity contribution in [1.29, 1.82) is 0 Å². The molecule has 7 heteroatoms. The van der Waals surface area contributed by atoms with Gasteiger partial charge in [-0.1, -0.05) is 13.0 Å². The van der Waals surface area contributed by atoms with E-state index in [0.29, 0.717) is 11.3 Å². The van der Waals surface area contributed by atoms with Crippen LogP contribution in [0.3, 0.4) is 0 Å². The maximum atomic E-state index is 12.3. The molecule has 1 aliphatic heterocycles. The molecule has 1 heterocycles. The van der Waals surface area contributed by atoms with Gasteiger partial charge in [0.2, 0.25) is 15.9 Å². The van der Waals surface area contributed by atoms with Gasteiger partial charge in [-0.2, -0.15) is 0 Å². The maximum absolute atomic E-state index is 12.3. The van der Waals surface area contributed by atoms with Gasteiger partial charge in [0.15, 0.2) is 0 Å². The summed E-state index contributed by atoms with van der Waals surface area (Å²) < 4.78 is 23.0. The molecule has 0 spiro atoms. The van der Waals surface area contributed by atoms with E-state index in [9.17, 15) is 13.2 Å². The highest BCUT2D eigenvalue weighted by Gasteiger charge is 2.27. The number of hydrogen-bond donors (Lipinski definition) is 3. The van der Waals surface area contributed by atoms with Crippen molar-refractivity contribution in [2.24, 2.45) is 11.1 Å². The van der Waals surface area contributed by atoms with E-state index in [4.69, 9.17) is 5.14 Å². The van der Waals surface area contributed by atoms with Crippen molar-refractivity contribution in [2.45, 2.75) is 37.6 Å². The maximum Gasteiger partial charge on any atom is 0.241 e. The molecule has 1 fully saturated rings. The van der Waals surface area contributed by atoms with Gasteiger partial charge >= 0.3 is 0 Å². The van der Waals surface area contributed by atoms with Crippen molar-refractivity contribution in [3.63, 3.8) is 0 Å². The third kappa shape index (κ3) is 3.81. The van der Waals surface area contributed by atoms with Crippen molar-refractivity contribution >= 4 is 21.6 Å². The summed E-state index contributed by atoms with van der Waals surface area (Å²) >= 11 is 0. The van der Waals surface area contributed by atoms with Crippen LogP contribution in [-0.2, 0) is 14.8 Å². The Hall–Kier alpha value is -1.44. The first-order valence-corrected chi connectivity index (χ1v) is 8.51. The first-order chi connectivity index (χ1) is 9.79. The van der Waals surface area contributed by atoms with Gasteiger partial charge in [0.05, 0.1) is 10.9 Å². The number of rotatable bonds is 3. The van der Waals surface area contributed by atoms with Crippen LogP contribution in [0.15, 0.2) is 23.1 Å². The predicted molar refractivity (Wildman–Crippen MR) is 81.4 cm³/mol. The minimum absolute atomic E-state index is 0.0324. The number of aryl methyl sites for hydroxylation is 1. The Labute approximate surface area is 125 Å². The van der Waals surface area contributed by atoms with E-state index >= 15 is 0 Å². The molecule has 1 aromatic rings. The second-order valence-electron chi connectivity index (χ2n) is 5.57. The molecule has 0 aromatic heterocycles. The van der Waals surface area contributed by atoms with Gasteiger partial charge in [-0.05, 0) is 49.9 Å². The van der Waals surface area contributed by atoms with Crippen LogP contribution in [0, 0.1) is 12.8 Å². The summed E-state index contributed by atoms with van der Waals surface area (Å²) in [5.41, 5.74) is 0.994. The number of primary sulfonamides is 1. The normalized spacial score (nSPS) is 22.8. The Bertz CT molecular complexity index is 643. The van der Waals surface area contributed by atoms with Crippen LogP contribution < -0.4 is 15.8 Å². The van der Waals surface area contributed by atoms with E-state index in [1.54, 1.807) is 19.1 Å². The smallest absolute Gasteiger partial charge is 0.241 e. The highest BCUT2D eigenvalue weighted by Crippen LogP contribution is 2.21. The van der Waals surface area contributed by atoms with E-state index in [0.717, 1.165) is 19.4 Å². The summed E-state index contributed by atoms with van der Waals surface area (Å²) in [7, 11) is -3.79. The number of nitrogens with two attached hydrogens (primary N) is 1. The molecular weight excluding hydrogens is 290 g/mol. The SMILES string of the molecule is Cc1ccc(NC(=O)C2NCCCC2C)cc1S(N)(=O)=O. The lowest BCUT2D eigenvalue weighted by Crippen LogP contribution is -2.48. The summed E-state index contributed by atoms with van der Waals surface area (Å²) in [5.74, 6) is 0.105. The molecule has 2 unspecified atom stereocenters.